The van der Waals surface area contributed by atoms with Crippen LogP contribution >= 0.6 is 0 Å². The molecule has 2 aliphatic heterocycles. The van der Waals surface area contributed by atoms with Gasteiger partial charge >= 0.3 is 0 Å². The Balaban J connectivity index is 1.16. The number of rotatable bonds is 18. The van der Waals surface area contributed by atoms with Gasteiger partial charge < -0.3 is 67.7 Å². The number of nitrogens with two attached hydrogens (primary N) is 1. The van der Waals surface area contributed by atoms with Gasteiger partial charge in [-0.15, -0.1) is 0 Å². The van der Waals surface area contributed by atoms with E-state index in [4.69, 9.17) is 5.73 Å². The van der Waals surface area contributed by atoms with Crippen LogP contribution in [0.3, 0.4) is 0 Å². The average molecular weight is 865 g/mol. The minimum Gasteiger partial charge on any atom is -0.508 e. The molecule has 334 valence electrons. The molecule has 2 aromatic carbocycles. The van der Waals surface area contributed by atoms with Crippen LogP contribution < -0.4 is 32.3 Å². The Kier molecular flexibility index (Phi) is 16.2. The third-order valence-electron chi connectivity index (χ3n) is 10.6. The van der Waals surface area contributed by atoms with Crippen LogP contribution in [0.15, 0.2) is 54.7 Å². The summed E-state index contributed by atoms with van der Waals surface area (Å²) in [6.45, 7) is -1.28. The number of amides is 7. The van der Waals surface area contributed by atoms with Gasteiger partial charge in [-0.2, -0.15) is 0 Å². The molecule has 62 heavy (non-hydrogen) atoms. The van der Waals surface area contributed by atoms with Crippen LogP contribution in [0.25, 0.3) is 11.0 Å². The maximum absolute atomic E-state index is 13.7. The molecule has 2 fully saturated rings. The number of aromatic nitrogens is 2. The number of para-hydroxylation sites is 2. The molecule has 0 spiro atoms. The highest BCUT2D eigenvalue weighted by Crippen LogP contribution is 2.21. The molecule has 3 heterocycles. The van der Waals surface area contributed by atoms with Crippen molar-refractivity contribution in [1.82, 2.24) is 41.0 Å². The number of likely N-dealkylation sites (tertiary alicyclic amines) is 2. The lowest BCUT2D eigenvalue weighted by Crippen LogP contribution is -2.62. The molecule has 0 saturated carbocycles. The first-order valence-electron chi connectivity index (χ1n) is 20.0. The van der Waals surface area contributed by atoms with Crippen molar-refractivity contribution in [1.29, 1.82) is 0 Å². The fourth-order valence-corrected chi connectivity index (χ4v) is 7.24. The van der Waals surface area contributed by atoms with Crippen molar-refractivity contribution in [2.24, 2.45) is 5.73 Å². The van der Waals surface area contributed by atoms with Crippen LogP contribution in [-0.2, 0) is 40.0 Å². The molecule has 22 heteroatoms. The van der Waals surface area contributed by atoms with E-state index in [0.29, 0.717) is 29.4 Å². The SMILES string of the molecule is C[C@@H](O)[C@H](NC(=O)[C@@H]1CCCN1C(=O)[C@H](CO)NC(=O)[C@@H](N)Cc1ccc(O)cc1)C(=O)N[C@@H](CO)C(=O)N1CCC[C@H]1C(=O)N[C@@H](CO)C(=O)Nc1cnc2ccccc2n1. The highest BCUT2D eigenvalue weighted by molar-refractivity contribution is 6.00. The van der Waals surface area contributed by atoms with Crippen molar-refractivity contribution in [2.75, 3.05) is 38.2 Å². The number of anilines is 1. The van der Waals surface area contributed by atoms with Crippen LogP contribution in [0.1, 0.15) is 38.2 Å². The first kappa shape index (κ1) is 46.7. The summed E-state index contributed by atoms with van der Waals surface area (Å²) in [5.41, 5.74) is 7.74. The molecule has 22 nitrogen and oxygen atoms in total. The Hall–Kier alpha value is -6.33. The van der Waals surface area contributed by atoms with Gasteiger partial charge in [-0.05, 0) is 68.9 Å². The van der Waals surface area contributed by atoms with Crippen LogP contribution in [-0.4, -0.2) is 168 Å². The van der Waals surface area contributed by atoms with Gasteiger partial charge in [-0.3, -0.25) is 38.5 Å². The first-order chi connectivity index (χ1) is 29.6. The van der Waals surface area contributed by atoms with E-state index in [9.17, 15) is 59.1 Å². The molecule has 7 amide bonds. The number of carbonyl (C=O) groups excluding carboxylic acids is 7. The summed E-state index contributed by atoms with van der Waals surface area (Å²) in [6, 6.07) is 3.21. The van der Waals surface area contributed by atoms with Crippen molar-refractivity contribution >= 4 is 58.2 Å². The van der Waals surface area contributed by atoms with Gasteiger partial charge in [0.25, 0.3) is 5.91 Å². The molecule has 8 atom stereocenters. The number of carbonyl (C=O) groups is 7. The molecule has 2 saturated heterocycles. The average Bonchev–Trinajstić information content (AvgIpc) is 3.97. The molecular formula is C40H52N10O12. The van der Waals surface area contributed by atoms with Gasteiger partial charge in [0.15, 0.2) is 5.82 Å². The first-order valence-corrected chi connectivity index (χ1v) is 20.0. The number of fused-ring (bicyclic) bond motifs is 1. The van der Waals surface area contributed by atoms with Crippen LogP contribution in [0.4, 0.5) is 5.82 Å². The topological polar surface area (TPSA) is 339 Å². The summed E-state index contributed by atoms with van der Waals surface area (Å²) < 4.78 is 0. The van der Waals surface area contributed by atoms with E-state index in [-0.39, 0.29) is 43.9 Å². The summed E-state index contributed by atoms with van der Waals surface area (Å²) in [7, 11) is 0. The summed E-state index contributed by atoms with van der Waals surface area (Å²) in [5.74, 6) is -5.86. The highest BCUT2D eigenvalue weighted by Gasteiger charge is 2.42. The second-order valence-corrected chi connectivity index (χ2v) is 15.0. The van der Waals surface area contributed by atoms with Gasteiger partial charge in [-0.25, -0.2) is 4.98 Å². The maximum Gasteiger partial charge on any atom is 0.250 e. The molecule has 0 aliphatic carbocycles. The monoisotopic (exact) mass is 864 g/mol. The summed E-state index contributed by atoms with van der Waals surface area (Å²) >= 11 is 0. The largest absolute Gasteiger partial charge is 0.508 e. The molecule has 2 aliphatic rings. The molecule has 1 aromatic heterocycles. The Bertz CT molecular complexity index is 2110. The number of aromatic hydroxyl groups is 1. The van der Waals surface area contributed by atoms with Gasteiger partial charge in [0, 0.05) is 13.1 Å². The van der Waals surface area contributed by atoms with E-state index in [0.717, 1.165) is 9.80 Å². The zero-order chi connectivity index (χ0) is 45.1. The number of aliphatic hydroxyl groups is 4. The van der Waals surface area contributed by atoms with Crippen molar-refractivity contribution < 1.29 is 59.1 Å². The van der Waals surface area contributed by atoms with Crippen molar-refractivity contribution in [3.8, 4) is 5.75 Å². The third kappa shape index (κ3) is 11.5. The summed E-state index contributed by atoms with van der Waals surface area (Å²) in [6.07, 6.45) is 0.785. The fraction of sp³-hybridized carbons (Fsp3) is 0.475. The smallest absolute Gasteiger partial charge is 0.250 e. The minimum atomic E-state index is -1.69. The molecule has 3 aromatic rings. The Morgan fingerprint density at radius 1 is 0.726 bits per heavy atom. The maximum atomic E-state index is 13.7. The lowest BCUT2D eigenvalue weighted by molar-refractivity contribution is -0.145. The minimum absolute atomic E-state index is 0.0238. The number of hydrogen-bond acceptors (Lipinski definition) is 15. The summed E-state index contributed by atoms with van der Waals surface area (Å²) in [5, 5.41) is 62.3. The Morgan fingerprint density at radius 3 is 1.81 bits per heavy atom. The van der Waals surface area contributed by atoms with Gasteiger partial charge in [0.05, 0.1) is 49.2 Å². The molecular weight excluding hydrogens is 812 g/mol. The van der Waals surface area contributed by atoms with Crippen LogP contribution in [0.2, 0.25) is 0 Å². The third-order valence-corrected chi connectivity index (χ3v) is 10.6. The summed E-state index contributed by atoms with van der Waals surface area (Å²) in [4.78, 5) is 104. The quantitative estimate of drug-likeness (QED) is 0.0583. The van der Waals surface area contributed by atoms with Crippen molar-refractivity contribution in [3.63, 3.8) is 0 Å². The normalized spacial score (nSPS) is 19.1. The lowest BCUT2D eigenvalue weighted by Gasteiger charge is -2.31. The fourth-order valence-electron chi connectivity index (χ4n) is 7.24. The lowest BCUT2D eigenvalue weighted by atomic mass is 10.1. The molecule has 0 radical (unpaired) electrons. The molecule has 5 rings (SSSR count). The van der Waals surface area contributed by atoms with Gasteiger partial charge in [-0.1, -0.05) is 24.3 Å². The van der Waals surface area contributed by atoms with Gasteiger partial charge in [0.2, 0.25) is 35.4 Å². The number of nitrogens with zero attached hydrogens (tertiary/aromatic N) is 4. The van der Waals surface area contributed by atoms with E-state index in [1.165, 1.54) is 25.3 Å². The molecule has 0 bridgehead atoms. The number of phenols is 1. The Morgan fingerprint density at radius 2 is 1.26 bits per heavy atom. The van der Waals surface area contributed by atoms with E-state index in [2.05, 4.69) is 36.6 Å². The standard InChI is InChI=1S/C40H52N10O12/c1-21(54)33(48-37(59)31-9-5-15-50(31)39(61)28(19-52)45-34(56)24(41)16-22-10-12-23(55)13-11-22)38(60)46-29(20-53)40(62)49-14-4-8-30(49)36(58)44-27(18-51)35(57)47-32-17-42-25-6-2-3-7-26(25)43-32/h2-3,6-7,10-13,17,21,24,27-31,33,51-55H,4-5,8-9,14-16,18-20,41H2,1H3,(H,44,58)(H,45,56)(H,46,60)(H,48,59)(H,43,47,57)/t21-,24+,27+,28+,29+,30+,31+,33+/m1/s1. The van der Waals surface area contributed by atoms with Crippen molar-refractivity contribution in [3.05, 3.63) is 60.3 Å². The molecule has 12 N–H and O–H groups in total. The number of hydrogen-bond donors (Lipinski definition) is 11. The molecule has 0 unspecified atom stereocenters. The zero-order valence-electron chi connectivity index (χ0n) is 33.8. The number of nitrogens with one attached hydrogen (secondary N) is 5. The number of benzene rings is 2. The predicted molar refractivity (Wildman–Crippen MR) is 218 cm³/mol. The second-order valence-electron chi connectivity index (χ2n) is 15.0. The number of aliphatic hydroxyl groups excluding tert-OH is 4. The van der Waals surface area contributed by atoms with Crippen molar-refractivity contribution in [2.45, 2.75) is 87.4 Å². The number of phenolic OH excluding ortho intramolecular Hbond substituents is 1. The Labute approximate surface area is 355 Å². The highest BCUT2D eigenvalue weighted by atomic mass is 16.3. The zero-order valence-corrected chi connectivity index (χ0v) is 33.8. The van der Waals surface area contributed by atoms with E-state index in [1.54, 1.807) is 36.4 Å². The predicted octanol–water partition coefficient (Wildman–Crippen LogP) is -3.88. The van der Waals surface area contributed by atoms with E-state index < -0.39 is 110 Å². The van der Waals surface area contributed by atoms with Crippen LogP contribution in [0.5, 0.6) is 5.75 Å². The van der Waals surface area contributed by atoms with E-state index >= 15 is 0 Å². The van der Waals surface area contributed by atoms with Crippen LogP contribution in [0, 0.1) is 0 Å². The van der Waals surface area contributed by atoms with Gasteiger partial charge in [0.1, 0.15) is 42.0 Å². The van der Waals surface area contributed by atoms with E-state index in [1.807, 2.05) is 0 Å². The second kappa shape index (κ2) is 21.5.